The molecule has 3 heterocycles. The molecule has 1 unspecified atom stereocenters. The molecule has 1 N–H and O–H groups in total. The summed E-state index contributed by atoms with van der Waals surface area (Å²) in [5.74, 6) is 2.65. The molecule has 2 aliphatic rings. The molecule has 0 bridgehead atoms. The Morgan fingerprint density at radius 3 is 2.79 bits per heavy atom. The lowest BCUT2D eigenvalue weighted by molar-refractivity contribution is 0.175. The van der Waals surface area contributed by atoms with Gasteiger partial charge in [-0.3, -0.25) is 9.51 Å². The normalized spacial score (nSPS) is 17.6. The maximum absolute atomic E-state index is 11.7. The Morgan fingerprint density at radius 2 is 2.00 bits per heavy atom. The van der Waals surface area contributed by atoms with Crippen LogP contribution in [0.2, 0.25) is 5.02 Å². The van der Waals surface area contributed by atoms with Gasteiger partial charge in [-0.05, 0) is 54.2 Å². The molecule has 8 nitrogen and oxygen atoms in total. The van der Waals surface area contributed by atoms with Crippen molar-refractivity contribution in [2.24, 2.45) is 5.92 Å². The van der Waals surface area contributed by atoms with Crippen LogP contribution in [-0.4, -0.2) is 26.8 Å². The number of H-pyrrole nitrogens is 1. The number of fused-ring (bicyclic) bond motifs is 3. The maximum atomic E-state index is 11.7. The van der Waals surface area contributed by atoms with Crippen molar-refractivity contribution in [1.82, 2.24) is 19.7 Å². The van der Waals surface area contributed by atoms with E-state index in [1.807, 2.05) is 30.3 Å². The summed E-state index contributed by atoms with van der Waals surface area (Å²) in [6.07, 6.45) is 4.08. The topological polar surface area (TPSA) is 95.2 Å². The maximum Gasteiger partial charge on any atom is 0.439 e. The molecule has 0 spiro atoms. The van der Waals surface area contributed by atoms with Crippen LogP contribution < -0.4 is 10.5 Å². The second-order valence-corrected chi connectivity index (χ2v) is 10.4. The third kappa shape index (κ3) is 4.35. The number of methoxy groups -OCH3 is 1. The first-order valence-corrected chi connectivity index (χ1v) is 13.3. The van der Waals surface area contributed by atoms with E-state index in [9.17, 15) is 4.79 Å². The summed E-state index contributed by atoms with van der Waals surface area (Å²) in [5, 5.41) is 4.46. The molecular formula is C30H25ClN4O4. The first-order valence-electron chi connectivity index (χ1n) is 12.9. The molecule has 7 rings (SSSR count). The van der Waals surface area contributed by atoms with Crippen molar-refractivity contribution in [1.29, 1.82) is 0 Å². The van der Waals surface area contributed by atoms with Gasteiger partial charge < -0.3 is 14.0 Å². The van der Waals surface area contributed by atoms with Crippen LogP contribution in [-0.2, 0) is 17.9 Å². The molecule has 9 heteroatoms. The highest BCUT2D eigenvalue weighted by atomic mass is 35.5. The molecule has 0 radical (unpaired) electrons. The number of ether oxygens (including phenoxy) is 2. The minimum Gasteiger partial charge on any atom is -0.456 e. The fourth-order valence-electron chi connectivity index (χ4n) is 5.59. The molecule has 1 aliphatic heterocycles. The molecule has 3 aromatic carbocycles. The van der Waals surface area contributed by atoms with Crippen molar-refractivity contribution < 1.29 is 14.0 Å². The molecule has 1 saturated carbocycles. The van der Waals surface area contributed by atoms with E-state index in [0.29, 0.717) is 35.7 Å². The Bertz CT molecular complexity index is 1800. The van der Waals surface area contributed by atoms with Gasteiger partial charge in [0.15, 0.2) is 5.82 Å². The molecule has 196 valence electrons. The number of hydrogen-bond donors (Lipinski definition) is 1. The highest BCUT2D eigenvalue weighted by molar-refractivity contribution is 6.34. The van der Waals surface area contributed by atoms with E-state index in [4.69, 9.17) is 30.6 Å². The van der Waals surface area contributed by atoms with E-state index >= 15 is 0 Å². The van der Waals surface area contributed by atoms with Crippen LogP contribution in [0.3, 0.4) is 0 Å². The van der Waals surface area contributed by atoms with Crippen LogP contribution in [0.15, 0.2) is 70.0 Å². The number of rotatable bonds is 6. The second kappa shape index (κ2) is 9.55. The van der Waals surface area contributed by atoms with Crippen LogP contribution in [0.4, 0.5) is 0 Å². The lowest BCUT2D eigenvalue weighted by Gasteiger charge is -2.19. The highest BCUT2D eigenvalue weighted by Gasteiger charge is 2.38. The van der Waals surface area contributed by atoms with Crippen molar-refractivity contribution in [3.05, 3.63) is 110 Å². The molecular weight excluding hydrogens is 516 g/mol. The third-order valence-electron chi connectivity index (χ3n) is 7.43. The molecule has 1 aliphatic carbocycles. The minimum atomic E-state index is -0.614. The molecule has 0 amide bonds. The molecule has 1 atom stereocenters. The lowest BCUT2D eigenvalue weighted by Crippen LogP contribution is -2.09. The summed E-state index contributed by atoms with van der Waals surface area (Å²) < 4.78 is 18.9. The highest BCUT2D eigenvalue weighted by Crippen LogP contribution is 2.52. The zero-order valence-electron chi connectivity index (χ0n) is 21.2. The molecule has 5 aromatic rings. The van der Waals surface area contributed by atoms with Crippen molar-refractivity contribution in [2.75, 3.05) is 7.11 Å². The summed E-state index contributed by atoms with van der Waals surface area (Å²) >= 11 is 6.47. The molecule has 39 heavy (non-hydrogen) atoms. The predicted molar refractivity (Wildman–Crippen MR) is 148 cm³/mol. The number of nitrogens with one attached hydrogen (secondary N) is 1. The van der Waals surface area contributed by atoms with Gasteiger partial charge in [-0.2, -0.15) is 0 Å². The fraction of sp³-hybridized carbons (Fsp3) is 0.233. The zero-order chi connectivity index (χ0) is 26.5. The summed E-state index contributed by atoms with van der Waals surface area (Å²) in [5.41, 5.74) is 6.08. The van der Waals surface area contributed by atoms with Gasteiger partial charge in [-0.15, -0.1) is 0 Å². The van der Waals surface area contributed by atoms with Crippen molar-refractivity contribution in [2.45, 2.75) is 31.9 Å². The Hall–Kier alpha value is -4.14. The first kappa shape index (κ1) is 23.9. The monoisotopic (exact) mass is 540 g/mol. The Kier molecular flexibility index (Phi) is 5.86. The van der Waals surface area contributed by atoms with Gasteiger partial charge in [-0.25, -0.2) is 9.78 Å². The standard InChI is InChI=1S/C30H25ClN4O4/c1-37-16-27-33-29-22(31)6-4-7-23(29)35(27)15-17-9-12-19-21(13-17)25(14-26-32-30(36)39-34-26)38-24-8-3-2-5-20(24)28(19)18-10-11-18/h2-9,12-14,18,28H,10-11,15-16H2,1H3,(H,32,34,36). The van der Waals surface area contributed by atoms with Gasteiger partial charge >= 0.3 is 5.76 Å². The number of aromatic nitrogens is 4. The average Bonchev–Trinajstić information content (AvgIpc) is 3.62. The Labute approximate surface area is 228 Å². The van der Waals surface area contributed by atoms with Crippen molar-refractivity contribution in [3.8, 4) is 5.75 Å². The SMILES string of the molecule is COCc1nc2c(Cl)cccc2n1Cc1ccc2c(c1)C(=Cc1noc(=O)[nH]1)Oc1ccccc1C2C1CC1. The zero-order valence-corrected chi connectivity index (χ0v) is 21.9. The predicted octanol–water partition coefficient (Wildman–Crippen LogP) is 5.99. The number of para-hydroxylation sites is 2. The summed E-state index contributed by atoms with van der Waals surface area (Å²) in [6.45, 7) is 0.931. The Balaban J connectivity index is 1.39. The van der Waals surface area contributed by atoms with Gasteiger partial charge in [0, 0.05) is 36.8 Å². The van der Waals surface area contributed by atoms with Gasteiger partial charge in [-0.1, -0.05) is 53.2 Å². The number of halogens is 1. The fourth-order valence-corrected chi connectivity index (χ4v) is 5.80. The van der Waals surface area contributed by atoms with Crippen LogP contribution >= 0.6 is 11.6 Å². The van der Waals surface area contributed by atoms with Crippen LogP contribution in [0, 0.1) is 5.92 Å². The number of imidazole rings is 1. The lowest BCUT2D eigenvalue weighted by atomic mass is 9.83. The molecule has 0 saturated heterocycles. The van der Waals surface area contributed by atoms with Gasteiger partial charge in [0.25, 0.3) is 0 Å². The van der Waals surface area contributed by atoms with E-state index < -0.39 is 5.76 Å². The van der Waals surface area contributed by atoms with Crippen molar-refractivity contribution in [3.63, 3.8) is 0 Å². The van der Waals surface area contributed by atoms with Crippen LogP contribution in [0.25, 0.3) is 22.9 Å². The molecule has 1 fully saturated rings. The summed E-state index contributed by atoms with van der Waals surface area (Å²) in [6, 6.07) is 20.5. The van der Waals surface area contributed by atoms with E-state index in [2.05, 4.69) is 45.0 Å². The van der Waals surface area contributed by atoms with Gasteiger partial charge in [0.05, 0.1) is 10.5 Å². The van der Waals surface area contributed by atoms with E-state index in [-0.39, 0.29) is 5.92 Å². The number of benzene rings is 3. The van der Waals surface area contributed by atoms with E-state index in [0.717, 1.165) is 33.7 Å². The summed E-state index contributed by atoms with van der Waals surface area (Å²) in [7, 11) is 1.66. The third-order valence-corrected chi connectivity index (χ3v) is 7.74. The second-order valence-electron chi connectivity index (χ2n) is 10.0. The van der Waals surface area contributed by atoms with Gasteiger partial charge in [0.2, 0.25) is 0 Å². The van der Waals surface area contributed by atoms with E-state index in [1.54, 1.807) is 13.2 Å². The van der Waals surface area contributed by atoms with Gasteiger partial charge in [0.1, 0.15) is 29.5 Å². The van der Waals surface area contributed by atoms with Crippen LogP contribution in [0.1, 0.15) is 52.7 Å². The number of aromatic amines is 1. The molecule has 2 aromatic heterocycles. The first-order chi connectivity index (χ1) is 19.1. The average molecular weight is 541 g/mol. The smallest absolute Gasteiger partial charge is 0.439 e. The van der Waals surface area contributed by atoms with E-state index in [1.165, 1.54) is 24.0 Å². The number of hydrogen-bond acceptors (Lipinski definition) is 6. The largest absolute Gasteiger partial charge is 0.456 e. The Morgan fingerprint density at radius 1 is 1.13 bits per heavy atom. The van der Waals surface area contributed by atoms with Crippen molar-refractivity contribution >= 4 is 34.5 Å². The quantitative estimate of drug-likeness (QED) is 0.284. The van der Waals surface area contributed by atoms with Crippen LogP contribution in [0.5, 0.6) is 5.75 Å². The number of nitrogens with zero attached hydrogens (tertiary/aromatic N) is 3. The summed E-state index contributed by atoms with van der Waals surface area (Å²) in [4.78, 5) is 19.0. The minimum absolute atomic E-state index is 0.212.